The molecule has 2 aliphatic rings. The average molecular weight is 318 g/mol. The van der Waals surface area contributed by atoms with Crippen LogP contribution in [0.4, 0.5) is 0 Å². The SMILES string of the molecule is CCN1CCCCC1C(=O)N1CCCC1c1c(C)nn(C)c1C. The van der Waals surface area contributed by atoms with Crippen molar-refractivity contribution in [3.05, 3.63) is 17.0 Å². The van der Waals surface area contributed by atoms with Gasteiger partial charge in [-0.2, -0.15) is 5.10 Å². The van der Waals surface area contributed by atoms with Crippen LogP contribution in [0.25, 0.3) is 0 Å². The Morgan fingerprint density at radius 1 is 1.17 bits per heavy atom. The maximum Gasteiger partial charge on any atom is 0.240 e. The molecule has 0 saturated carbocycles. The molecule has 3 heterocycles. The Kier molecular flexibility index (Phi) is 4.76. The number of likely N-dealkylation sites (N-methyl/N-ethyl adjacent to an activating group) is 1. The second kappa shape index (κ2) is 6.63. The molecule has 5 heteroatoms. The van der Waals surface area contributed by atoms with Crippen LogP contribution in [0.2, 0.25) is 0 Å². The molecule has 0 aromatic carbocycles. The summed E-state index contributed by atoms with van der Waals surface area (Å²) >= 11 is 0. The number of carbonyl (C=O) groups is 1. The third-order valence-corrected chi connectivity index (χ3v) is 5.74. The van der Waals surface area contributed by atoms with Crippen molar-refractivity contribution in [1.29, 1.82) is 0 Å². The minimum atomic E-state index is 0.0895. The minimum absolute atomic E-state index is 0.0895. The van der Waals surface area contributed by atoms with Gasteiger partial charge in [-0.1, -0.05) is 13.3 Å². The van der Waals surface area contributed by atoms with Crippen LogP contribution in [-0.2, 0) is 11.8 Å². The van der Waals surface area contributed by atoms with Crippen molar-refractivity contribution in [3.63, 3.8) is 0 Å². The fourth-order valence-electron chi connectivity index (χ4n) is 4.44. The lowest BCUT2D eigenvalue weighted by Crippen LogP contribution is -2.50. The zero-order chi connectivity index (χ0) is 16.6. The predicted octanol–water partition coefficient (Wildman–Crippen LogP) is 2.57. The number of aromatic nitrogens is 2. The van der Waals surface area contributed by atoms with Gasteiger partial charge in [-0.05, 0) is 52.6 Å². The highest BCUT2D eigenvalue weighted by Crippen LogP contribution is 2.36. The quantitative estimate of drug-likeness (QED) is 0.860. The van der Waals surface area contributed by atoms with Crippen molar-refractivity contribution in [2.45, 2.75) is 65.0 Å². The fourth-order valence-corrected chi connectivity index (χ4v) is 4.44. The van der Waals surface area contributed by atoms with Crippen LogP contribution in [0.3, 0.4) is 0 Å². The lowest BCUT2D eigenvalue weighted by molar-refractivity contribution is -0.139. The Balaban J connectivity index is 1.85. The van der Waals surface area contributed by atoms with Gasteiger partial charge in [0, 0.05) is 24.8 Å². The first-order valence-electron chi connectivity index (χ1n) is 9.09. The molecule has 0 N–H and O–H groups in total. The molecule has 2 saturated heterocycles. The van der Waals surface area contributed by atoms with E-state index >= 15 is 0 Å². The van der Waals surface area contributed by atoms with Gasteiger partial charge in [0.2, 0.25) is 5.91 Å². The molecule has 1 amide bonds. The van der Waals surface area contributed by atoms with Crippen LogP contribution in [0.15, 0.2) is 0 Å². The lowest BCUT2D eigenvalue weighted by Gasteiger charge is -2.37. The normalized spacial score (nSPS) is 26.0. The van der Waals surface area contributed by atoms with E-state index in [-0.39, 0.29) is 12.1 Å². The summed E-state index contributed by atoms with van der Waals surface area (Å²) in [5.41, 5.74) is 3.55. The van der Waals surface area contributed by atoms with Crippen LogP contribution in [0.5, 0.6) is 0 Å². The van der Waals surface area contributed by atoms with Gasteiger partial charge in [-0.15, -0.1) is 0 Å². The van der Waals surface area contributed by atoms with Crippen molar-refractivity contribution in [2.24, 2.45) is 7.05 Å². The number of aryl methyl sites for hydroxylation is 2. The van der Waals surface area contributed by atoms with Gasteiger partial charge >= 0.3 is 0 Å². The molecule has 2 fully saturated rings. The summed E-state index contributed by atoms with van der Waals surface area (Å²) in [6.07, 6.45) is 5.58. The van der Waals surface area contributed by atoms with Crippen LogP contribution < -0.4 is 0 Å². The van der Waals surface area contributed by atoms with Crippen molar-refractivity contribution in [2.75, 3.05) is 19.6 Å². The number of nitrogens with zero attached hydrogens (tertiary/aromatic N) is 4. The lowest BCUT2D eigenvalue weighted by atomic mass is 9.98. The van der Waals surface area contributed by atoms with Gasteiger partial charge in [-0.25, -0.2) is 0 Å². The summed E-state index contributed by atoms with van der Waals surface area (Å²) in [7, 11) is 1.99. The largest absolute Gasteiger partial charge is 0.334 e. The van der Waals surface area contributed by atoms with Crippen molar-refractivity contribution in [3.8, 4) is 0 Å². The van der Waals surface area contributed by atoms with E-state index in [2.05, 4.69) is 35.7 Å². The predicted molar refractivity (Wildman–Crippen MR) is 91.3 cm³/mol. The van der Waals surface area contributed by atoms with Crippen LogP contribution in [0, 0.1) is 13.8 Å². The molecule has 0 spiro atoms. The van der Waals surface area contributed by atoms with Crippen LogP contribution in [0.1, 0.15) is 62.0 Å². The van der Waals surface area contributed by atoms with Crippen molar-refractivity contribution >= 4 is 5.91 Å². The Bertz CT molecular complexity index is 580. The summed E-state index contributed by atoms with van der Waals surface area (Å²) in [4.78, 5) is 17.8. The maximum absolute atomic E-state index is 13.2. The first-order chi connectivity index (χ1) is 11.0. The summed E-state index contributed by atoms with van der Waals surface area (Å²) in [6, 6.07) is 0.309. The van der Waals surface area contributed by atoms with E-state index in [9.17, 15) is 4.79 Å². The average Bonchev–Trinajstić information content (AvgIpc) is 3.11. The fraction of sp³-hybridized carbons (Fsp3) is 0.778. The van der Waals surface area contributed by atoms with Gasteiger partial charge in [0.05, 0.1) is 17.8 Å². The highest BCUT2D eigenvalue weighted by molar-refractivity contribution is 5.82. The van der Waals surface area contributed by atoms with Crippen LogP contribution >= 0.6 is 0 Å². The van der Waals surface area contributed by atoms with E-state index in [1.807, 2.05) is 11.7 Å². The van der Waals surface area contributed by atoms with Crippen LogP contribution in [-0.4, -0.2) is 51.2 Å². The molecule has 3 rings (SSSR count). The molecule has 0 aliphatic carbocycles. The molecule has 5 nitrogen and oxygen atoms in total. The summed E-state index contributed by atoms with van der Waals surface area (Å²) in [6.45, 7) is 9.29. The summed E-state index contributed by atoms with van der Waals surface area (Å²) in [5.74, 6) is 0.344. The molecule has 128 valence electrons. The number of likely N-dealkylation sites (tertiary alicyclic amines) is 2. The van der Waals surface area contributed by atoms with Crippen molar-refractivity contribution < 1.29 is 4.79 Å². The molecule has 2 unspecified atom stereocenters. The van der Waals surface area contributed by atoms with E-state index in [1.165, 1.54) is 24.1 Å². The van der Waals surface area contributed by atoms with Crippen molar-refractivity contribution in [1.82, 2.24) is 19.6 Å². The Labute approximate surface area is 139 Å². The first-order valence-corrected chi connectivity index (χ1v) is 9.09. The number of amides is 1. The molecular weight excluding hydrogens is 288 g/mol. The third-order valence-electron chi connectivity index (χ3n) is 5.74. The Hall–Kier alpha value is -1.36. The monoisotopic (exact) mass is 318 g/mol. The molecule has 0 bridgehead atoms. The highest BCUT2D eigenvalue weighted by atomic mass is 16.2. The number of hydrogen-bond acceptors (Lipinski definition) is 3. The summed E-state index contributed by atoms with van der Waals surface area (Å²) < 4.78 is 1.95. The van der Waals surface area contributed by atoms with E-state index < -0.39 is 0 Å². The van der Waals surface area contributed by atoms with E-state index in [0.717, 1.165) is 44.6 Å². The maximum atomic E-state index is 13.2. The second-order valence-electron chi connectivity index (χ2n) is 7.04. The van der Waals surface area contributed by atoms with Gasteiger partial charge in [0.1, 0.15) is 0 Å². The standard InChI is InChI=1S/C18H30N4O/c1-5-21-11-7-6-9-16(21)18(23)22-12-8-10-15(22)17-13(2)19-20(4)14(17)3/h15-16H,5-12H2,1-4H3. The smallest absolute Gasteiger partial charge is 0.240 e. The molecular formula is C18H30N4O. The molecule has 0 radical (unpaired) electrons. The third kappa shape index (κ3) is 2.91. The van der Waals surface area contributed by atoms with E-state index in [4.69, 9.17) is 0 Å². The molecule has 23 heavy (non-hydrogen) atoms. The Morgan fingerprint density at radius 3 is 2.61 bits per heavy atom. The molecule has 2 atom stereocenters. The zero-order valence-corrected chi connectivity index (χ0v) is 15.0. The minimum Gasteiger partial charge on any atom is -0.334 e. The van der Waals surface area contributed by atoms with E-state index in [0.29, 0.717) is 5.91 Å². The highest BCUT2D eigenvalue weighted by Gasteiger charge is 2.38. The number of hydrogen-bond donors (Lipinski definition) is 0. The Morgan fingerprint density at radius 2 is 1.96 bits per heavy atom. The van der Waals surface area contributed by atoms with Gasteiger partial charge in [0.15, 0.2) is 0 Å². The zero-order valence-electron chi connectivity index (χ0n) is 15.0. The number of rotatable bonds is 3. The molecule has 1 aromatic rings. The molecule has 1 aromatic heterocycles. The van der Waals surface area contributed by atoms with Gasteiger partial charge in [-0.3, -0.25) is 14.4 Å². The van der Waals surface area contributed by atoms with Gasteiger partial charge < -0.3 is 4.90 Å². The second-order valence-corrected chi connectivity index (χ2v) is 7.04. The first kappa shape index (κ1) is 16.5. The topological polar surface area (TPSA) is 41.4 Å². The summed E-state index contributed by atoms with van der Waals surface area (Å²) in [5, 5.41) is 4.56. The van der Waals surface area contributed by atoms with Gasteiger partial charge in [0.25, 0.3) is 0 Å². The number of piperidine rings is 1. The van der Waals surface area contributed by atoms with E-state index in [1.54, 1.807) is 0 Å². The molecule has 2 aliphatic heterocycles. The number of carbonyl (C=O) groups excluding carboxylic acids is 1.